The van der Waals surface area contributed by atoms with Gasteiger partial charge in [-0.05, 0) is 24.3 Å². The standard InChI is InChI=1S/C11H10N2O/c12-14-10-5-3-4-9(8-10)11-6-1-2-7-13-11/h1-8H,12H2. The van der Waals surface area contributed by atoms with Crippen LogP contribution in [0, 0.1) is 0 Å². The first-order valence-electron chi connectivity index (χ1n) is 4.28. The molecule has 3 nitrogen and oxygen atoms in total. The summed E-state index contributed by atoms with van der Waals surface area (Å²) in [6.45, 7) is 0. The van der Waals surface area contributed by atoms with Crippen LogP contribution in [-0.2, 0) is 0 Å². The second-order valence-corrected chi connectivity index (χ2v) is 2.86. The summed E-state index contributed by atoms with van der Waals surface area (Å²) in [5.41, 5.74) is 1.90. The minimum absolute atomic E-state index is 0.633. The Kier molecular flexibility index (Phi) is 2.42. The molecular weight excluding hydrogens is 176 g/mol. The number of nitrogens with zero attached hydrogens (tertiary/aromatic N) is 1. The van der Waals surface area contributed by atoms with Crippen LogP contribution in [0.25, 0.3) is 11.3 Å². The predicted octanol–water partition coefficient (Wildman–Crippen LogP) is 2.00. The molecule has 14 heavy (non-hydrogen) atoms. The monoisotopic (exact) mass is 186 g/mol. The molecule has 2 N–H and O–H groups in total. The van der Waals surface area contributed by atoms with Crippen LogP contribution < -0.4 is 10.7 Å². The number of hydrogen-bond acceptors (Lipinski definition) is 3. The van der Waals surface area contributed by atoms with Crippen molar-refractivity contribution in [1.29, 1.82) is 0 Å². The molecule has 0 aliphatic carbocycles. The molecule has 0 radical (unpaired) electrons. The second kappa shape index (κ2) is 3.89. The normalized spacial score (nSPS) is 9.79. The Morgan fingerprint density at radius 3 is 2.71 bits per heavy atom. The van der Waals surface area contributed by atoms with Gasteiger partial charge in [-0.2, -0.15) is 5.90 Å². The zero-order valence-electron chi connectivity index (χ0n) is 7.55. The molecule has 0 unspecified atom stereocenters. The van der Waals surface area contributed by atoms with Crippen LogP contribution in [0.15, 0.2) is 48.7 Å². The van der Waals surface area contributed by atoms with Crippen molar-refractivity contribution in [3.8, 4) is 17.0 Å². The van der Waals surface area contributed by atoms with Gasteiger partial charge in [-0.1, -0.05) is 18.2 Å². The third-order valence-corrected chi connectivity index (χ3v) is 1.93. The van der Waals surface area contributed by atoms with E-state index in [0.717, 1.165) is 11.3 Å². The highest BCUT2D eigenvalue weighted by Gasteiger charge is 1.99. The molecule has 0 amide bonds. The summed E-state index contributed by atoms with van der Waals surface area (Å²) in [7, 11) is 0. The van der Waals surface area contributed by atoms with Gasteiger partial charge in [-0.15, -0.1) is 0 Å². The quantitative estimate of drug-likeness (QED) is 0.730. The van der Waals surface area contributed by atoms with Gasteiger partial charge in [0.25, 0.3) is 0 Å². The Labute approximate surface area is 82.1 Å². The van der Waals surface area contributed by atoms with E-state index in [1.165, 1.54) is 0 Å². The molecule has 70 valence electrons. The van der Waals surface area contributed by atoms with Gasteiger partial charge in [0, 0.05) is 11.8 Å². The van der Waals surface area contributed by atoms with Crippen molar-refractivity contribution in [3.63, 3.8) is 0 Å². The summed E-state index contributed by atoms with van der Waals surface area (Å²) in [4.78, 5) is 8.88. The third kappa shape index (κ3) is 1.72. The van der Waals surface area contributed by atoms with E-state index in [4.69, 9.17) is 5.90 Å². The van der Waals surface area contributed by atoms with Crippen LogP contribution in [0.2, 0.25) is 0 Å². The number of aromatic nitrogens is 1. The van der Waals surface area contributed by atoms with Crippen LogP contribution >= 0.6 is 0 Å². The summed E-state index contributed by atoms with van der Waals surface area (Å²) < 4.78 is 0. The van der Waals surface area contributed by atoms with Gasteiger partial charge in [-0.25, -0.2) is 0 Å². The topological polar surface area (TPSA) is 48.1 Å². The highest BCUT2D eigenvalue weighted by molar-refractivity contribution is 5.60. The van der Waals surface area contributed by atoms with E-state index < -0.39 is 0 Å². The summed E-state index contributed by atoms with van der Waals surface area (Å²) in [6.07, 6.45) is 1.76. The molecule has 2 rings (SSSR count). The summed E-state index contributed by atoms with van der Waals surface area (Å²) in [5, 5.41) is 0. The average molecular weight is 186 g/mol. The minimum atomic E-state index is 0.633. The first-order chi connectivity index (χ1) is 6.90. The van der Waals surface area contributed by atoms with Gasteiger partial charge >= 0.3 is 0 Å². The van der Waals surface area contributed by atoms with Crippen molar-refractivity contribution >= 4 is 0 Å². The summed E-state index contributed by atoms with van der Waals surface area (Å²) in [6, 6.07) is 13.3. The SMILES string of the molecule is NOc1cccc(-c2ccccn2)c1. The van der Waals surface area contributed by atoms with E-state index in [2.05, 4.69) is 9.82 Å². The van der Waals surface area contributed by atoms with E-state index in [1.54, 1.807) is 12.3 Å². The molecule has 0 aliphatic heterocycles. The van der Waals surface area contributed by atoms with Crippen molar-refractivity contribution in [2.45, 2.75) is 0 Å². The van der Waals surface area contributed by atoms with Crippen molar-refractivity contribution in [1.82, 2.24) is 4.98 Å². The Morgan fingerprint density at radius 1 is 1.07 bits per heavy atom. The van der Waals surface area contributed by atoms with Crippen molar-refractivity contribution in [3.05, 3.63) is 48.7 Å². The van der Waals surface area contributed by atoms with Crippen LogP contribution in [-0.4, -0.2) is 4.98 Å². The first kappa shape index (κ1) is 8.72. The van der Waals surface area contributed by atoms with E-state index in [-0.39, 0.29) is 0 Å². The molecule has 1 heterocycles. The van der Waals surface area contributed by atoms with Gasteiger partial charge < -0.3 is 4.84 Å². The Balaban J connectivity index is 2.42. The lowest BCUT2D eigenvalue weighted by Gasteiger charge is -2.02. The number of hydrogen-bond donors (Lipinski definition) is 1. The zero-order valence-corrected chi connectivity index (χ0v) is 7.55. The van der Waals surface area contributed by atoms with Crippen LogP contribution in [0.4, 0.5) is 0 Å². The van der Waals surface area contributed by atoms with Crippen molar-refractivity contribution < 1.29 is 4.84 Å². The van der Waals surface area contributed by atoms with Crippen LogP contribution in [0.5, 0.6) is 5.75 Å². The van der Waals surface area contributed by atoms with Gasteiger partial charge in [0.05, 0.1) is 5.69 Å². The molecule has 0 spiro atoms. The van der Waals surface area contributed by atoms with E-state index >= 15 is 0 Å². The smallest absolute Gasteiger partial charge is 0.147 e. The van der Waals surface area contributed by atoms with Gasteiger partial charge in [0.1, 0.15) is 5.75 Å². The van der Waals surface area contributed by atoms with Gasteiger partial charge in [0.15, 0.2) is 0 Å². The molecule has 1 aromatic carbocycles. The molecule has 3 heteroatoms. The van der Waals surface area contributed by atoms with Crippen molar-refractivity contribution in [2.75, 3.05) is 0 Å². The molecule has 0 aliphatic rings. The van der Waals surface area contributed by atoms with Crippen molar-refractivity contribution in [2.24, 2.45) is 5.90 Å². The molecule has 2 aromatic rings. The largest absolute Gasteiger partial charge is 0.412 e. The number of benzene rings is 1. The lowest BCUT2D eigenvalue weighted by molar-refractivity contribution is 0.334. The molecule has 0 saturated heterocycles. The molecule has 0 atom stereocenters. The van der Waals surface area contributed by atoms with Crippen LogP contribution in [0.1, 0.15) is 0 Å². The van der Waals surface area contributed by atoms with E-state index in [0.29, 0.717) is 5.75 Å². The Morgan fingerprint density at radius 2 is 2.00 bits per heavy atom. The molecule has 1 aromatic heterocycles. The summed E-state index contributed by atoms with van der Waals surface area (Å²) in [5.74, 6) is 5.71. The first-order valence-corrected chi connectivity index (χ1v) is 4.28. The van der Waals surface area contributed by atoms with E-state index in [1.807, 2.05) is 36.4 Å². The minimum Gasteiger partial charge on any atom is -0.412 e. The molecular formula is C11H10N2O. The molecule has 0 bridgehead atoms. The zero-order chi connectivity index (χ0) is 9.80. The third-order valence-electron chi connectivity index (χ3n) is 1.93. The van der Waals surface area contributed by atoms with Gasteiger partial charge in [-0.3, -0.25) is 4.98 Å². The lowest BCUT2D eigenvalue weighted by Crippen LogP contribution is -2.01. The molecule has 0 saturated carbocycles. The Hall–Kier alpha value is -1.87. The van der Waals surface area contributed by atoms with E-state index in [9.17, 15) is 0 Å². The summed E-state index contributed by atoms with van der Waals surface area (Å²) >= 11 is 0. The van der Waals surface area contributed by atoms with Gasteiger partial charge in [0.2, 0.25) is 0 Å². The lowest BCUT2D eigenvalue weighted by atomic mass is 10.1. The average Bonchev–Trinajstić information content (AvgIpc) is 2.30. The molecule has 0 fully saturated rings. The maximum absolute atomic E-state index is 5.08. The predicted molar refractivity (Wildman–Crippen MR) is 54.5 cm³/mol. The van der Waals surface area contributed by atoms with Crippen LogP contribution in [0.3, 0.4) is 0 Å². The maximum Gasteiger partial charge on any atom is 0.147 e. The highest BCUT2D eigenvalue weighted by Crippen LogP contribution is 2.20. The number of rotatable bonds is 2. The Bertz CT molecular complexity index is 415. The second-order valence-electron chi connectivity index (χ2n) is 2.86. The fourth-order valence-corrected chi connectivity index (χ4v) is 1.26. The maximum atomic E-state index is 5.08. The number of pyridine rings is 1. The fourth-order valence-electron chi connectivity index (χ4n) is 1.26. The highest BCUT2D eigenvalue weighted by atomic mass is 16.6. The fraction of sp³-hybridized carbons (Fsp3) is 0. The number of nitrogens with two attached hydrogens (primary N) is 1.